The van der Waals surface area contributed by atoms with Crippen LogP contribution in [0.4, 0.5) is 0 Å². The molecule has 34 heavy (non-hydrogen) atoms. The summed E-state index contributed by atoms with van der Waals surface area (Å²) in [6, 6.07) is 28.2. The highest BCUT2D eigenvalue weighted by Crippen LogP contribution is 2.34. The third kappa shape index (κ3) is 4.04. The highest BCUT2D eigenvalue weighted by Gasteiger charge is 2.34. The Morgan fingerprint density at radius 1 is 0.971 bits per heavy atom. The van der Waals surface area contributed by atoms with Crippen LogP contribution in [0.5, 0.6) is 0 Å². The zero-order valence-corrected chi connectivity index (χ0v) is 19.4. The van der Waals surface area contributed by atoms with Crippen LogP contribution in [0.3, 0.4) is 0 Å². The van der Waals surface area contributed by atoms with Gasteiger partial charge in [0.1, 0.15) is 0 Å². The Hall–Kier alpha value is -4.03. The van der Waals surface area contributed by atoms with Crippen molar-refractivity contribution in [1.29, 1.82) is 0 Å². The molecule has 1 aromatic heterocycles. The Labute approximate surface area is 200 Å². The summed E-state index contributed by atoms with van der Waals surface area (Å²) in [7, 11) is 0. The van der Waals surface area contributed by atoms with Crippen LogP contribution in [0.15, 0.2) is 106 Å². The van der Waals surface area contributed by atoms with Crippen LogP contribution in [-0.2, 0) is 9.53 Å². The molecule has 0 radical (unpaired) electrons. The Balaban J connectivity index is 1.84. The molecule has 5 nitrogen and oxygen atoms in total. The first kappa shape index (κ1) is 21.8. The minimum Gasteiger partial charge on any atom is -0.463 e. The molecule has 0 spiro atoms. The van der Waals surface area contributed by atoms with E-state index >= 15 is 0 Å². The molecule has 0 amide bonds. The smallest absolute Gasteiger partial charge is 0.338 e. The fraction of sp³-hybridized carbons (Fsp3) is 0.107. The second kappa shape index (κ2) is 9.45. The van der Waals surface area contributed by atoms with Gasteiger partial charge in [-0.25, -0.2) is 9.79 Å². The van der Waals surface area contributed by atoms with E-state index < -0.39 is 12.0 Å². The predicted octanol–water partition coefficient (Wildman–Crippen LogP) is 3.94. The summed E-state index contributed by atoms with van der Waals surface area (Å²) in [5, 5.41) is 0. The lowest BCUT2D eigenvalue weighted by Gasteiger charge is -2.25. The van der Waals surface area contributed by atoms with E-state index in [1.807, 2.05) is 97.1 Å². The molecule has 0 aliphatic carbocycles. The molecule has 1 aliphatic rings. The van der Waals surface area contributed by atoms with Crippen LogP contribution < -0.4 is 14.9 Å². The van der Waals surface area contributed by atoms with Crippen LogP contribution in [0, 0.1) is 0 Å². The maximum atomic E-state index is 13.7. The largest absolute Gasteiger partial charge is 0.463 e. The van der Waals surface area contributed by atoms with E-state index in [1.165, 1.54) is 11.3 Å². The van der Waals surface area contributed by atoms with Crippen molar-refractivity contribution < 1.29 is 9.53 Å². The molecular formula is C28H22N2O3S. The van der Waals surface area contributed by atoms with Gasteiger partial charge in [-0.3, -0.25) is 9.36 Å². The number of thiazole rings is 1. The van der Waals surface area contributed by atoms with Crippen molar-refractivity contribution in [1.82, 2.24) is 4.57 Å². The van der Waals surface area contributed by atoms with E-state index in [2.05, 4.69) is 0 Å². The van der Waals surface area contributed by atoms with Crippen LogP contribution >= 0.6 is 11.3 Å². The van der Waals surface area contributed by atoms with Crippen molar-refractivity contribution >= 4 is 29.1 Å². The second-order valence-corrected chi connectivity index (χ2v) is 8.76. The van der Waals surface area contributed by atoms with E-state index in [1.54, 1.807) is 11.5 Å². The lowest BCUT2D eigenvalue weighted by molar-refractivity contribution is -0.138. The van der Waals surface area contributed by atoms with E-state index in [-0.39, 0.29) is 12.2 Å². The molecule has 2 heterocycles. The minimum atomic E-state index is -0.648. The number of carbonyl (C=O) groups is 1. The fourth-order valence-corrected chi connectivity index (χ4v) is 5.09. The Morgan fingerprint density at radius 3 is 2.24 bits per heavy atom. The number of aromatic nitrogens is 1. The number of ether oxygens (including phenoxy) is 1. The molecule has 1 aliphatic heterocycles. The van der Waals surface area contributed by atoms with Gasteiger partial charge in [0.15, 0.2) is 4.80 Å². The minimum absolute atomic E-state index is 0.185. The molecule has 0 bridgehead atoms. The van der Waals surface area contributed by atoms with Crippen molar-refractivity contribution in [2.24, 2.45) is 4.99 Å². The Bertz CT molecular complexity index is 1540. The molecule has 1 unspecified atom stereocenters. The van der Waals surface area contributed by atoms with Gasteiger partial charge in [-0.05, 0) is 24.1 Å². The molecule has 0 N–H and O–H groups in total. The van der Waals surface area contributed by atoms with E-state index in [9.17, 15) is 9.59 Å². The Kier molecular flexibility index (Phi) is 6.06. The van der Waals surface area contributed by atoms with Gasteiger partial charge in [-0.15, -0.1) is 0 Å². The van der Waals surface area contributed by atoms with Gasteiger partial charge in [0.25, 0.3) is 5.56 Å². The Morgan fingerprint density at radius 2 is 1.59 bits per heavy atom. The molecule has 6 heteroatoms. The number of fused-ring (bicyclic) bond motifs is 1. The van der Waals surface area contributed by atoms with E-state index in [0.29, 0.717) is 20.6 Å². The third-order valence-corrected chi connectivity index (χ3v) is 6.57. The van der Waals surface area contributed by atoms with Gasteiger partial charge in [-0.2, -0.15) is 0 Å². The second-order valence-electron chi connectivity index (χ2n) is 7.75. The van der Waals surface area contributed by atoms with Crippen molar-refractivity contribution in [2.45, 2.75) is 13.0 Å². The normalized spacial score (nSPS) is 15.6. The topological polar surface area (TPSA) is 60.7 Å². The van der Waals surface area contributed by atoms with Gasteiger partial charge in [0.2, 0.25) is 0 Å². The average molecular weight is 467 g/mol. The van der Waals surface area contributed by atoms with Gasteiger partial charge in [0.05, 0.1) is 28.5 Å². The summed E-state index contributed by atoms with van der Waals surface area (Å²) in [6.07, 6.45) is 1.86. The highest BCUT2D eigenvalue weighted by molar-refractivity contribution is 7.07. The van der Waals surface area contributed by atoms with E-state index in [4.69, 9.17) is 9.73 Å². The number of nitrogens with zero attached hydrogens (tertiary/aromatic N) is 2. The number of hydrogen-bond acceptors (Lipinski definition) is 5. The average Bonchev–Trinajstić information content (AvgIpc) is 3.19. The van der Waals surface area contributed by atoms with Crippen molar-refractivity contribution in [3.05, 3.63) is 133 Å². The molecule has 5 rings (SSSR count). The zero-order valence-electron chi connectivity index (χ0n) is 18.5. The summed E-state index contributed by atoms with van der Waals surface area (Å²) in [5.74, 6) is -0.476. The monoisotopic (exact) mass is 466 g/mol. The zero-order chi connectivity index (χ0) is 23.5. The molecule has 168 valence electrons. The molecule has 0 saturated heterocycles. The number of carbonyl (C=O) groups excluding carboxylic acids is 1. The third-order valence-electron chi connectivity index (χ3n) is 5.59. The fourth-order valence-electron chi connectivity index (χ4n) is 4.09. The molecule has 0 saturated carbocycles. The van der Waals surface area contributed by atoms with Crippen molar-refractivity contribution in [3.8, 4) is 0 Å². The summed E-state index contributed by atoms with van der Waals surface area (Å²) >= 11 is 1.32. The number of esters is 1. The van der Waals surface area contributed by atoms with Gasteiger partial charge >= 0.3 is 5.97 Å². The first-order valence-corrected chi connectivity index (χ1v) is 11.9. The van der Waals surface area contributed by atoms with Crippen LogP contribution in [0.25, 0.3) is 11.8 Å². The number of benzene rings is 3. The summed E-state index contributed by atoms with van der Waals surface area (Å²) < 4.78 is 7.64. The van der Waals surface area contributed by atoms with Crippen LogP contribution in [0.2, 0.25) is 0 Å². The predicted molar refractivity (Wildman–Crippen MR) is 134 cm³/mol. The van der Waals surface area contributed by atoms with E-state index in [0.717, 1.165) is 16.7 Å². The molecule has 0 fully saturated rings. The molecule has 4 aromatic rings. The number of rotatable bonds is 5. The lowest BCUT2D eigenvalue weighted by atomic mass is 9.93. The highest BCUT2D eigenvalue weighted by atomic mass is 32.1. The maximum Gasteiger partial charge on any atom is 0.338 e. The summed E-state index contributed by atoms with van der Waals surface area (Å²) in [5.41, 5.74) is 3.25. The molecule has 3 aromatic carbocycles. The summed E-state index contributed by atoms with van der Waals surface area (Å²) in [4.78, 5) is 32.4. The van der Waals surface area contributed by atoms with Gasteiger partial charge < -0.3 is 4.74 Å². The van der Waals surface area contributed by atoms with Crippen molar-refractivity contribution in [3.63, 3.8) is 0 Å². The maximum absolute atomic E-state index is 13.7. The first-order chi connectivity index (χ1) is 16.7. The SMILES string of the molecule is CCOC(=O)C1=C(c2ccccc2)N=c2s/c(=C\c3ccccc3)c(=O)n2C1c1ccccc1. The van der Waals surface area contributed by atoms with Crippen molar-refractivity contribution in [2.75, 3.05) is 6.61 Å². The van der Waals surface area contributed by atoms with Gasteiger partial charge in [-0.1, -0.05) is 102 Å². The first-order valence-electron chi connectivity index (χ1n) is 11.1. The quantitative estimate of drug-likeness (QED) is 0.419. The van der Waals surface area contributed by atoms with Crippen LogP contribution in [0.1, 0.15) is 29.7 Å². The summed E-state index contributed by atoms with van der Waals surface area (Å²) in [6.45, 7) is 2.00. The molecular weight excluding hydrogens is 444 g/mol. The molecule has 1 atom stereocenters. The number of hydrogen-bond donors (Lipinski definition) is 0. The standard InChI is InChI=1S/C28H22N2O3S/c1-2-33-27(32)23-24(20-14-8-4-9-15-20)29-28-30(25(23)21-16-10-5-11-17-21)26(31)22(34-28)18-19-12-6-3-7-13-19/h3-18,25H,2H2,1H3/b22-18-. The lowest BCUT2D eigenvalue weighted by Crippen LogP contribution is -2.39. The van der Waals surface area contributed by atoms with Gasteiger partial charge in [0, 0.05) is 5.56 Å². The van der Waals surface area contributed by atoms with Crippen LogP contribution in [-0.4, -0.2) is 17.1 Å².